The summed E-state index contributed by atoms with van der Waals surface area (Å²) in [6, 6.07) is 5.50. The maximum absolute atomic E-state index is 12.3. The van der Waals surface area contributed by atoms with E-state index < -0.39 is 5.60 Å². The number of hydrogen-bond donors (Lipinski definition) is 1. The minimum absolute atomic E-state index is 0.346. The quantitative estimate of drug-likeness (QED) is 0.408. The van der Waals surface area contributed by atoms with Crippen molar-refractivity contribution >= 4 is 56.6 Å². The van der Waals surface area contributed by atoms with Crippen molar-refractivity contribution in [3.05, 3.63) is 45.2 Å². The predicted octanol–water partition coefficient (Wildman–Crippen LogP) is 6.35. The van der Waals surface area contributed by atoms with Crippen molar-refractivity contribution in [2.45, 2.75) is 51.7 Å². The SMILES string of the molecule is CC1(NC(=O)OC(C)(C)C)CCN(c2nccn3c(-c4cccc(Cl)c4Cl)nc(Br)c23)CC1. The van der Waals surface area contributed by atoms with Crippen LogP contribution < -0.4 is 10.2 Å². The molecule has 1 fully saturated rings. The molecule has 0 atom stereocenters. The smallest absolute Gasteiger partial charge is 0.408 e. The van der Waals surface area contributed by atoms with Gasteiger partial charge in [-0.3, -0.25) is 4.40 Å². The van der Waals surface area contributed by atoms with Gasteiger partial charge in [-0.2, -0.15) is 0 Å². The second kappa shape index (κ2) is 8.96. The van der Waals surface area contributed by atoms with Crippen LogP contribution in [0.3, 0.4) is 0 Å². The van der Waals surface area contributed by atoms with E-state index in [2.05, 4.69) is 38.1 Å². The van der Waals surface area contributed by atoms with Gasteiger partial charge in [0.05, 0.1) is 10.0 Å². The van der Waals surface area contributed by atoms with E-state index in [-0.39, 0.29) is 11.6 Å². The zero-order valence-corrected chi connectivity index (χ0v) is 22.1. The van der Waals surface area contributed by atoms with E-state index in [9.17, 15) is 4.79 Å². The van der Waals surface area contributed by atoms with Crippen LogP contribution in [-0.4, -0.2) is 44.7 Å². The topological polar surface area (TPSA) is 71.8 Å². The first kappa shape index (κ1) is 24.1. The Labute approximate surface area is 211 Å². The molecule has 1 N–H and O–H groups in total. The van der Waals surface area contributed by atoms with E-state index in [4.69, 9.17) is 32.9 Å². The summed E-state index contributed by atoms with van der Waals surface area (Å²) in [5.74, 6) is 1.50. The number of nitrogens with one attached hydrogen (secondary N) is 1. The molecule has 0 bridgehead atoms. The molecule has 2 aromatic heterocycles. The summed E-state index contributed by atoms with van der Waals surface area (Å²) >= 11 is 16.3. The highest BCUT2D eigenvalue weighted by Gasteiger charge is 2.34. The first-order valence-corrected chi connectivity index (χ1v) is 12.3. The lowest BCUT2D eigenvalue weighted by molar-refractivity contribution is 0.0448. The molecule has 10 heteroatoms. The molecule has 1 aromatic carbocycles. The summed E-state index contributed by atoms with van der Waals surface area (Å²) < 4.78 is 8.09. The maximum Gasteiger partial charge on any atom is 0.408 e. The Kier molecular flexibility index (Phi) is 6.55. The van der Waals surface area contributed by atoms with E-state index >= 15 is 0 Å². The number of alkyl carbamates (subject to hydrolysis) is 1. The summed E-state index contributed by atoms with van der Waals surface area (Å²) in [6.45, 7) is 9.08. The molecule has 1 amide bonds. The Morgan fingerprint density at radius 1 is 1.24 bits per heavy atom. The van der Waals surface area contributed by atoms with Gasteiger partial charge in [0.15, 0.2) is 5.82 Å². The Bertz CT molecular complexity index is 1200. The van der Waals surface area contributed by atoms with Crippen LogP contribution >= 0.6 is 39.1 Å². The van der Waals surface area contributed by atoms with Crippen LogP contribution in [0.2, 0.25) is 10.0 Å². The van der Waals surface area contributed by atoms with Crippen LogP contribution in [0.5, 0.6) is 0 Å². The number of ether oxygens (including phenoxy) is 1. The summed E-state index contributed by atoms with van der Waals surface area (Å²) in [7, 11) is 0. The van der Waals surface area contributed by atoms with Crippen LogP contribution in [0.15, 0.2) is 35.2 Å². The number of hydrogen-bond acceptors (Lipinski definition) is 5. The summed E-state index contributed by atoms with van der Waals surface area (Å²) in [6.07, 6.45) is 4.74. The van der Waals surface area contributed by atoms with Crippen LogP contribution in [0, 0.1) is 0 Å². The van der Waals surface area contributed by atoms with Crippen molar-refractivity contribution in [1.29, 1.82) is 0 Å². The van der Waals surface area contributed by atoms with Gasteiger partial charge in [-0.25, -0.2) is 14.8 Å². The molecule has 3 aromatic rings. The number of amides is 1. The second-order valence-electron chi connectivity index (χ2n) is 9.47. The van der Waals surface area contributed by atoms with Gasteiger partial charge in [-0.15, -0.1) is 0 Å². The lowest BCUT2D eigenvalue weighted by atomic mass is 9.90. The number of nitrogens with zero attached hydrogens (tertiary/aromatic N) is 4. The molecule has 1 aliphatic rings. The number of benzene rings is 1. The Hall–Kier alpha value is -2.03. The first-order chi connectivity index (χ1) is 15.5. The van der Waals surface area contributed by atoms with Crippen molar-refractivity contribution in [2.24, 2.45) is 0 Å². The number of anilines is 1. The molecule has 4 rings (SSSR count). The Morgan fingerprint density at radius 2 is 1.94 bits per heavy atom. The molecule has 0 saturated carbocycles. The summed E-state index contributed by atoms with van der Waals surface area (Å²) in [4.78, 5) is 23.9. The first-order valence-electron chi connectivity index (χ1n) is 10.7. The van der Waals surface area contributed by atoms with Crippen molar-refractivity contribution in [3.8, 4) is 11.4 Å². The molecule has 3 heterocycles. The molecule has 33 heavy (non-hydrogen) atoms. The highest BCUT2D eigenvalue weighted by atomic mass is 79.9. The van der Waals surface area contributed by atoms with Crippen molar-refractivity contribution < 1.29 is 9.53 Å². The molecular weight excluding hydrogens is 529 g/mol. The molecule has 7 nitrogen and oxygen atoms in total. The van der Waals surface area contributed by atoms with Gasteiger partial charge >= 0.3 is 6.09 Å². The van der Waals surface area contributed by atoms with Crippen LogP contribution in [-0.2, 0) is 4.74 Å². The van der Waals surface area contributed by atoms with Gasteiger partial charge in [0.2, 0.25) is 0 Å². The van der Waals surface area contributed by atoms with Crippen LogP contribution in [0.25, 0.3) is 16.9 Å². The zero-order valence-electron chi connectivity index (χ0n) is 19.0. The molecule has 0 radical (unpaired) electrons. The number of rotatable bonds is 3. The molecule has 0 aliphatic carbocycles. The lowest BCUT2D eigenvalue weighted by Crippen LogP contribution is -2.54. The van der Waals surface area contributed by atoms with Gasteiger partial charge < -0.3 is 15.0 Å². The molecular formula is C23H26BrCl2N5O2. The summed E-state index contributed by atoms with van der Waals surface area (Å²) in [5.41, 5.74) is 0.724. The second-order valence-corrected chi connectivity index (χ2v) is 11.0. The minimum atomic E-state index is -0.529. The third kappa shape index (κ3) is 5.08. The zero-order chi connectivity index (χ0) is 24.0. The van der Waals surface area contributed by atoms with E-state index in [0.29, 0.717) is 20.5 Å². The van der Waals surface area contributed by atoms with Gasteiger partial charge in [-0.05, 0) is 68.6 Å². The maximum atomic E-state index is 12.3. The highest BCUT2D eigenvalue weighted by Crippen LogP contribution is 2.37. The number of aromatic nitrogens is 3. The number of imidazole rings is 1. The van der Waals surface area contributed by atoms with E-state index in [1.807, 2.05) is 43.5 Å². The fourth-order valence-corrected chi connectivity index (χ4v) is 4.89. The molecule has 176 valence electrons. The normalized spacial score (nSPS) is 16.2. The number of carbonyl (C=O) groups is 1. The fourth-order valence-electron chi connectivity index (χ4n) is 3.97. The monoisotopic (exact) mass is 553 g/mol. The average molecular weight is 555 g/mol. The van der Waals surface area contributed by atoms with Crippen molar-refractivity contribution in [3.63, 3.8) is 0 Å². The summed E-state index contributed by atoms with van der Waals surface area (Å²) in [5, 5.41) is 3.98. The molecule has 1 saturated heterocycles. The third-order valence-electron chi connectivity index (χ3n) is 5.65. The Morgan fingerprint density at radius 3 is 2.61 bits per heavy atom. The van der Waals surface area contributed by atoms with Gasteiger partial charge in [0, 0.05) is 36.6 Å². The number of piperidine rings is 1. The molecule has 0 unspecified atom stereocenters. The van der Waals surface area contributed by atoms with Gasteiger partial charge in [-0.1, -0.05) is 29.3 Å². The van der Waals surface area contributed by atoms with Gasteiger partial charge in [0.25, 0.3) is 0 Å². The number of halogens is 3. The van der Waals surface area contributed by atoms with Gasteiger partial charge in [0.1, 0.15) is 21.5 Å². The Balaban J connectivity index is 1.59. The van der Waals surface area contributed by atoms with Crippen molar-refractivity contribution in [1.82, 2.24) is 19.7 Å². The number of carbonyl (C=O) groups excluding carboxylic acids is 1. The average Bonchev–Trinajstić information content (AvgIpc) is 3.05. The highest BCUT2D eigenvalue weighted by molar-refractivity contribution is 9.10. The largest absolute Gasteiger partial charge is 0.444 e. The van der Waals surface area contributed by atoms with Crippen LogP contribution in [0.1, 0.15) is 40.5 Å². The lowest BCUT2D eigenvalue weighted by Gasteiger charge is -2.40. The predicted molar refractivity (Wildman–Crippen MR) is 135 cm³/mol. The van der Waals surface area contributed by atoms with E-state index in [1.165, 1.54) is 0 Å². The third-order valence-corrected chi connectivity index (χ3v) is 7.03. The number of fused-ring (bicyclic) bond motifs is 1. The molecule has 0 spiro atoms. The fraction of sp³-hybridized carbons (Fsp3) is 0.435. The van der Waals surface area contributed by atoms with Crippen molar-refractivity contribution in [2.75, 3.05) is 18.0 Å². The van der Waals surface area contributed by atoms with Crippen LogP contribution in [0.4, 0.5) is 10.6 Å². The molecule has 1 aliphatic heterocycles. The standard InChI is InChI=1S/C23H26BrCl2N5O2/c1-22(2,3)33-21(32)29-23(4)8-11-30(12-9-23)20-17-18(24)28-19(31(17)13-10-27-20)14-6-5-7-15(25)16(14)26/h5-7,10,13H,8-9,11-12H2,1-4H3,(H,29,32). The van der Waals surface area contributed by atoms with E-state index in [1.54, 1.807) is 12.3 Å². The van der Waals surface area contributed by atoms with E-state index in [0.717, 1.165) is 42.8 Å². The minimum Gasteiger partial charge on any atom is -0.444 e.